The van der Waals surface area contributed by atoms with E-state index in [0.29, 0.717) is 29.0 Å². The van der Waals surface area contributed by atoms with Gasteiger partial charge in [-0.3, -0.25) is 9.59 Å². The second-order valence-electron chi connectivity index (χ2n) is 6.77. The molecule has 31 heavy (non-hydrogen) atoms. The zero-order chi connectivity index (χ0) is 22.2. The van der Waals surface area contributed by atoms with Crippen LogP contribution in [0.15, 0.2) is 53.7 Å². The molecule has 8 nitrogen and oxygen atoms in total. The van der Waals surface area contributed by atoms with E-state index < -0.39 is 0 Å². The second kappa shape index (κ2) is 10.6. The third kappa shape index (κ3) is 6.08. The normalized spacial score (nSPS) is 10.5. The van der Waals surface area contributed by atoms with E-state index in [1.807, 2.05) is 54.8 Å². The van der Waals surface area contributed by atoms with Crippen molar-refractivity contribution in [1.29, 1.82) is 0 Å². The van der Waals surface area contributed by atoms with Crippen LogP contribution in [0.3, 0.4) is 0 Å². The Morgan fingerprint density at radius 1 is 1.03 bits per heavy atom. The number of aromatic nitrogens is 3. The van der Waals surface area contributed by atoms with Crippen molar-refractivity contribution < 1.29 is 14.3 Å². The summed E-state index contributed by atoms with van der Waals surface area (Å²) in [4.78, 5) is 24.8. The highest BCUT2D eigenvalue weighted by atomic mass is 32.2. The number of thioether (sulfide) groups is 1. The van der Waals surface area contributed by atoms with E-state index in [1.54, 1.807) is 19.2 Å². The summed E-state index contributed by atoms with van der Waals surface area (Å²) < 4.78 is 7.09. The number of carbonyl (C=O) groups excluding carboxylic acids is 2. The molecule has 0 unspecified atom stereocenters. The Bertz CT molecular complexity index is 1050. The van der Waals surface area contributed by atoms with E-state index in [9.17, 15) is 9.59 Å². The number of nitrogens with zero attached hydrogens (tertiary/aromatic N) is 3. The number of aryl methyl sites for hydroxylation is 1. The molecular weight excluding hydrogens is 414 g/mol. The van der Waals surface area contributed by atoms with Gasteiger partial charge in [-0.25, -0.2) is 0 Å². The Kier molecular flexibility index (Phi) is 7.66. The predicted octanol–water partition coefficient (Wildman–Crippen LogP) is 3.53. The molecule has 0 aliphatic heterocycles. The Hall–Kier alpha value is -3.33. The van der Waals surface area contributed by atoms with Gasteiger partial charge in [0.25, 0.3) is 0 Å². The molecule has 162 valence electrons. The minimum absolute atomic E-state index is 0.0999. The number of rotatable bonds is 9. The smallest absolute Gasteiger partial charge is 0.234 e. The molecule has 2 N–H and O–H groups in total. The van der Waals surface area contributed by atoms with E-state index in [4.69, 9.17) is 4.74 Å². The van der Waals surface area contributed by atoms with E-state index >= 15 is 0 Å². The average molecular weight is 440 g/mol. The van der Waals surface area contributed by atoms with Gasteiger partial charge in [0.15, 0.2) is 5.16 Å². The lowest BCUT2D eigenvalue weighted by molar-refractivity contribution is -0.116. The van der Waals surface area contributed by atoms with Crippen LogP contribution in [0.5, 0.6) is 5.75 Å². The second-order valence-corrected chi connectivity index (χ2v) is 7.71. The maximum Gasteiger partial charge on any atom is 0.234 e. The summed E-state index contributed by atoms with van der Waals surface area (Å²) >= 11 is 1.27. The number of benzene rings is 2. The predicted molar refractivity (Wildman–Crippen MR) is 122 cm³/mol. The van der Waals surface area contributed by atoms with Gasteiger partial charge >= 0.3 is 0 Å². The topological polar surface area (TPSA) is 98.1 Å². The van der Waals surface area contributed by atoms with Crippen LogP contribution in [0.2, 0.25) is 0 Å². The summed E-state index contributed by atoms with van der Waals surface area (Å²) in [6.07, 6.45) is 0.0999. The lowest BCUT2D eigenvalue weighted by Crippen LogP contribution is -2.18. The van der Waals surface area contributed by atoms with Crippen molar-refractivity contribution in [3.63, 3.8) is 0 Å². The third-order valence-corrected chi connectivity index (χ3v) is 5.44. The van der Waals surface area contributed by atoms with Gasteiger partial charge in [0.05, 0.1) is 25.0 Å². The summed E-state index contributed by atoms with van der Waals surface area (Å²) in [5, 5.41) is 14.6. The number of amides is 2. The molecule has 0 saturated carbocycles. The van der Waals surface area contributed by atoms with Crippen LogP contribution in [-0.4, -0.2) is 39.4 Å². The number of carbonyl (C=O) groups is 2. The molecule has 1 heterocycles. The zero-order valence-electron chi connectivity index (χ0n) is 17.7. The summed E-state index contributed by atoms with van der Waals surface area (Å²) in [5.74, 6) is 0.959. The zero-order valence-corrected chi connectivity index (χ0v) is 18.5. The van der Waals surface area contributed by atoms with Crippen LogP contribution in [-0.2, 0) is 22.6 Å². The molecular formula is C22H25N5O3S. The summed E-state index contributed by atoms with van der Waals surface area (Å²) in [6, 6.07) is 14.8. The van der Waals surface area contributed by atoms with Crippen molar-refractivity contribution in [2.45, 2.75) is 32.0 Å². The van der Waals surface area contributed by atoms with Crippen LogP contribution in [0.25, 0.3) is 0 Å². The molecule has 1 aromatic heterocycles. The fourth-order valence-electron chi connectivity index (χ4n) is 2.92. The van der Waals surface area contributed by atoms with Crippen LogP contribution in [0.4, 0.5) is 11.4 Å². The summed E-state index contributed by atoms with van der Waals surface area (Å²) in [6.45, 7) is 4.53. The van der Waals surface area contributed by atoms with Gasteiger partial charge in [0.2, 0.25) is 11.8 Å². The van der Waals surface area contributed by atoms with Crippen LogP contribution in [0, 0.1) is 6.92 Å². The molecule has 0 radical (unpaired) electrons. The van der Waals surface area contributed by atoms with E-state index in [2.05, 4.69) is 20.8 Å². The maximum atomic E-state index is 12.4. The molecule has 2 aromatic carbocycles. The molecule has 3 rings (SSSR count). The van der Waals surface area contributed by atoms with Gasteiger partial charge in [-0.2, -0.15) is 0 Å². The number of methoxy groups -OCH3 is 1. The minimum atomic E-state index is -0.182. The molecule has 0 fully saturated rings. The minimum Gasteiger partial charge on any atom is -0.495 e. The first-order valence-corrected chi connectivity index (χ1v) is 10.8. The number of ether oxygens (including phenoxy) is 1. The first-order valence-electron chi connectivity index (χ1n) is 9.84. The number of hydrogen-bond donors (Lipinski definition) is 2. The number of anilines is 2. The lowest BCUT2D eigenvalue weighted by atomic mass is 10.2. The van der Waals surface area contributed by atoms with Crippen molar-refractivity contribution in [2.24, 2.45) is 0 Å². The van der Waals surface area contributed by atoms with Gasteiger partial charge < -0.3 is 19.9 Å². The van der Waals surface area contributed by atoms with Crippen molar-refractivity contribution in [3.8, 4) is 5.75 Å². The SMILES string of the molecule is CCn1c(CC(=O)Nc2ccc(C)cc2)nnc1SCC(=O)Nc1ccccc1OC. The molecule has 0 bridgehead atoms. The Labute approximate surface area is 185 Å². The highest BCUT2D eigenvalue weighted by Crippen LogP contribution is 2.24. The number of para-hydroxylation sites is 2. The number of hydrogen-bond acceptors (Lipinski definition) is 6. The van der Waals surface area contributed by atoms with Gasteiger partial charge in [-0.15, -0.1) is 10.2 Å². The molecule has 0 saturated heterocycles. The average Bonchev–Trinajstić information content (AvgIpc) is 3.15. The van der Waals surface area contributed by atoms with E-state index in [1.165, 1.54) is 11.8 Å². The Morgan fingerprint density at radius 3 is 2.48 bits per heavy atom. The van der Waals surface area contributed by atoms with Gasteiger partial charge in [0, 0.05) is 12.2 Å². The monoisotopic (exact) mass is 439 g/mol. The lowest BCUT2D eigenvalue weighted by Gasteiger charge is -2.10. The largest absolute Gasteiger partial charge is 0.495 e. The Morgan fingerprint density at radius 2 is 1.77 bits per heavy atom. The van der Waals surface area contributed by atoms with Gasteiger partial charge in [-0.05, 0) is 38.1 Å². The molecule has 0 aliphatic carbocycles. The highest BCUT2D eigenvalue weighted by Gasteiger charge is 2.16. The highest BCUT2D eigenvalue weighted by molar-refractivity contribution is 7.99. The van der Waals surface area contributed by atoms with Crippen molar-refractivity contribution >= 4 is 35.0 Å². The molecule has 3 aromatic rings. The van der Waals surface area contributed by atoms with Crippen LogP contribution in [0.1, 0.15) is 18.3 Å². The molecule has 0 spiro atoms. The molecule has 2 amide bonds. The first-order chi connectivity index (χ1) is 15.0. The van der Waals surface area contributed by atoms with Gasteiger partial charge in [-0.1, -0.05) is 41.6 Å². The first kappa shape index (κ1) is 22.4. The fraction of sp³-hybridized carbons (Fsp3) is 0.273. The van der Waals surface area contributed by atoms with Crippen LogP contribution >= 0.6 is 11.8 Å². The van der Waals surface area contributed by atoms with E-state index in [-0.39, 0.29) is 24.0 Å². The standard InChI is InChI=1S/C22H25N5O3S/c1-4-27-19(13-20(28)23-16-11-9-15(2)10-12-16)25-26-22(27)31-14-21(29)24-17-7-5-6-8-18(17)30-3/h5-12H,4,13-14H2,1-3H3,(H,23,28)(H,24,29). The Balaban J connectivity index is 1.58. The third-order valence-electron chi connectivity index (χ3n) is 4.48. The maximum absolute atomic E-state index is 12.4. The quantitative estimate of drug-likeness (QED) is 0.495. The van der Waals surface area contributed by atoms with Crippen molar-refractivity contribution in [2.75, 3.05) is 23.5 Å². The van der Waals surface area contributed by atoms with Crippen molar-refractivity contribution in [1.82, 2.24) is 14.8 Å². The fourth-order valence-corrected chi connectivity index (χ4v) is 3.75. The molecule has 0 aliphatic rings. The van der Waals surface area contributed by atoms with Crippen LogP contribution < -0.4 is 15.4 Å². The van der Waals surface area contributed by atoms with E-state index in [0.717, 1.165) is 11.3 Å². The summed E-state index contributed by atoms with van der Waals surface area (Å²) in [5.41, 5.74) is 2.47. The number of nitrogens with one attached hydrogen (secondary N) is 2. The summed E-state index contributed by atoms with van der Waals surface area (Å²) in [7, 11) is 1.56. The molecule has 0 atom stereocenters. The van der Waals surface area contributed by atoms with Gasteiger partial charge in [0.1, 0.15) is 11.6 Å². The molecule has 9 heteroatoms. The van der Waals surface area contributed by atoms with Crippen molar-refractivity contribution in [3.05, 3.63) is 59.9 Å².